The van der Waals surface area contributed by atoms with Crippen LogP contribution in [0.1, 0.15) is 31.9 Å². The molecule has 0 aromatic heterocycles. The SMILES string of the molecule is CCN(C)C(C)c1ccc(N2CC[C@H](NS(=O)(=O)c3ccc4cc(Cl)ccc4c3)C2=O)c(F)c1. The minimum Gasteiger partial charge on any atom is -0.308 e. The van der Waals surface area contributed by atoms with Crippen LogP contribution < -0.4 is 9.62 Å². The first-order chi connectivity index (χ1) is 16.1. The Morgan fingerprint density at radius 1 is 1.15 bits per heavy atom. The van der Waals surface area contributed by atoms with Crippen molar-refractivity contribution in [3.05, 3.63) is 71.0 Å². The molecule has 0 bridgehead atoms. The number of hydrogen-bond donors (Lipinski definition) is 1. The number of carbonyl (C=O) groups excluding carboxylic acids is 1. The summed E-state index contributed by atoms with van der Waals surface area (Å²) in [5, 5.41) is 2.09. The fourth-order valence-electron chi connectivity index (χ4n) is 4.18. The quantitative estimate of drug-likeness (QED) is 0.506. The number of benzene rings is 3. The van der Waals surface area contributed by atoms with Gasteiger partial charge in [-0.25, -0.2) is 12.8 Å². The summed E-state index contributed by atoms with van der Waals surface area (Å²) in [5.41, 5.74) is 0.969. The number of nitrogens with zero attached hydrogens (tertiary/aromatic N) is 2. The lowest BCUT2D eigenvalue weighted by molar-refractivity contribution is -0.118. The van der Waals surface area contributed by atoms with Crippen molar-refractivity contribution in [2.45, 2.75) is 37.2 Å². The molecular weight excluding hydrogens is 477 g/mol. The number of nitrogens with one attached hydrogen (secondary N) is 1. The summed E-state index contributed by atoms with van der Waals surface area (Å²) in [6.07, 6.45) is 0.247. The topological polar surface area (TPSA) is 69.7 Å². The van der Waals surface area contributed by atoms with Gasteiger partial charge in [0.25, 0.3) is 0 Å². The summed E-state index contributed by atoms with van der Waals surface area (Å²) in [7, 11) is -1.99. The molecule has 1 N–H and O–H groups in total. The van der Waals surface area contributed by atoms with Crippen molar-refractivity contribution >= 4 is 44.0 Å². The Kier molecular flexibility index (Phi) is 6.96. The zero-order valence-electron chi connectivity index (χ0n) is 19.3. The lowest BCUT2D eigenvalue weighted by Crippen LogP contribution is -2.41. The first-order valence-electron chi connectivity index (χ1n) is 11.1. The van der Waals surface area contributed by atoms with E-state index in [1.165, 1.54) is 23.1 Å². The monoisotopic (exact) mass is 503 g/mol. The molecule has 0 aliphatic carbocycles. The van der Waals surface area contributed by atoms with Gasteiger partial charge in [-0.1, -0.05) is 36.7 Å². The molecule has 9 heteroatoms. The summed E-state index contributed by atoms with van der Waals surface area (Å²) in [5.74, 6) is -0.972. The number of halogens is 2. The number of amides is 1. The van der Waals surface area contributed by atoms with Crippen LogP contribution in [0.3, 0.4) is 0 Å². The molecule has 0 spiro atoms. The van der Waals surface area contributed by atoms with E-state index in [-0.39, 0.29) is 29.6 Å². The molecule has 1 unspecified atom stereocenters. The lowest BCUT2D eigenvalue weighted by Gasteiger charge is -2.25. The number of carbonyl (C=O) groups is 1. The van der Waals surface area contributed by atoms with Crippen molar-refractivity contribution < 1.29 is 17.6 Å². The van der Waals surface area contributed by atoms with Crippen molar-refractivity contribution in [3.8, 4) is 0 Å². The molecule has 2 atom stereocenters. The molecule has 1 heterocycles. The van der Waals surface area contributed by atoms with Gasteiger partial charge < -0.3 is 4.90 Å². The Bertz CT molecular complexity index is 1350. The van der Waals surface area contributed by atoms with E-state index in [0.717, 1.165) is 22.9 Å². The summed E-state index contributed by atoms with van der Waals surface area (Å²) >= 11 is 6.00. The van der Waals surface area contributed by atoms with E-state index in [2.05, 4.69) is 9.62 Å². The molecule has 180 valence electrons. The third kappa shape index (κ3) is 4.81. The van der Waals surface area contributed by atoms with Crippen molar-refractivity contribution in [2.75, 3.05) is 25.0 Å². The molecule has 1 aliphatic heterocycles. The van der Waals surface area contributed by atoms with Crippen molar-refractivity contribution in [1.82, 2.24) is 9.62 Å². The van der Waals surface area contributed by atoms with E-state index in [0.29, 0.717) is 5.02 Å². The molecule has 1 aliphatic rings. The second-order valence-electron chi connectivity index (χ2n) is 8.57. The lowest BCUT2D eigenvalue weighted by atomic mass is 10.1. The minimum absolute atomic E-state index is 0.0281. The van der Waals surface area contributed by atoms with Crippen LogP contribution in [0.2, 0.25) is 5.02 Å². The Morgan fingerprint density at radius 3 is 2.56 bits per heavy atom. The molecule has 34 heavy (non-hydrogen) atoms. The second-order valence-corrected chi connectivity index (χ2v) is 10.7. The fraction of sp³-hybridized carbons (Fsp3) is 0.320. The van der Waals surface area contributed by atoms with Gasteiger partial charge in [0.05, 0.1) is 10.6 Å². The molecule has 4 rings (SSSR count). The van der Waals surface area contributed by atoms with E-state index in [9.17, 15) is 17.6 Å². The van der Waals surface area contributed by atoms with Crippen molar-refractivity contribution in [1.29, 1.82) is 0 Å². The molecule has 0 radical (unpaired) electrons. The van der Waals surface area contributed by atoms with Gasteiger partial charge in [0.1, 0.15) is 11.9 Å². The van der Waals surface area contributed by atoms with Crippen LogP contribution in [0.4, 0.5) is 10.1 Å². The average molecular weight is 504 g/mol. The van der Waals surface area contributed by atoms with Gasteiger partial charge in [0.15, 0.2) is 0 Å². The maximum absolute atomic E-state index is 14.9. The highest BCUT2D eigenvalue weighted by atomic mass is 35.5. The number of fused-ring (bicyclic) bond motifs is 1. The van der Waals surface area contributed by atoms with Crippen LogP contribution in [-0.4, -0.2) is 45.4 Å². The number of rotatable bonds is 7. The van der Waals surface area contributed by atoms with Crippen molar-refractivity contribution in [2.24, 2.45) is 0 Å². The first kappa shape index (κ1) is 24.6. The molecule has 0 saturated carbocycles. The number of sulfonamides is 1. The molecule has 1 amide bonds. The molecule has 3 aromatic rings. The highest BCUT2D eigenvalue weighted by Gasteiger charge is 2.37. The van der Waals surface area contributed by atoms with Gasteiger partial charge in [-0.2, -0.15) is 4.72 Å². The normalized spacial score (nSPS) is 17.6. The highest BCUT2D eigenvalue weighted by Crippen LogP contribution is 2.29. The largest absolute Gasteiger partial charge is 0.308 e. The second kappa shape index (κ2) is 9.62. The maximum Gasteiger partial charge on any atom is 0.245 e. The number of hydrogen-bond acceptors (Lipinski definition) is 4. The van der Waals surface area contributed by atoms with Gasteiger partial charge in [0, 0.05) is 17.6 Å². The van der Waals surface area contributed by atoms with Crippen LogP contribution in [0, 0.1) is 5.82 Å². The Labute approximate surface area is 204 Å². The van der Waals surface area contributed by atoms with Crippen LogP contribution in [-0.2, 0) is 14.8 Å². The van der Waals surface area contributed by atoms with Gasteiger partial charge in [-0.15, -0.1) is 0 Å². The molecule has 6 nitrogen and oxygen atoms in total. The Morgan fingerprint density at radius 2 is 1.85 bits per heavy atom. The first-order valence-corrected chi connectivity index (χ1v) is 13.0. The predicted molar refractivity (Wildman–Crippen MR) is 133 cm³/mol. The third-order valence-corrected chi connectivity index (χ3v) is 8.20. The van der Waals surface area contributed by atoms with Gasteiger partial charge >= 0.3 is 0 Å². The maximum atomic E-state index is 14.9. The summed E-state index contributed by atoms with van der Waals surface area (Å²) < 4.78 is 43.4. The van der Waals surface area contributed by atoms with Gasteiger partial charge in [-0.05, 0) is 79.7 Å². The van der Waals surface area contributed by atoms with Crippen LogP contribution in [0.5, 0.6) is 0 Å². The third-order valence-electron chi connectivity index (χ3n) is 6.49. The van der Waals surface area contributed by atoms with Crippen LogP contribution >= 0.6 is 11.6 Å². The van der Waals surface area contributed by atoms with E-state index in [4.69, 9.17) is 11.6 Å². The summed E-state index contributed by atoms with van der Waals surface area (Å²) in [4.78, 5) is 16.4. The van der Waals surface area contributed by atoms with Crippen LogP contribution in [0.25, 0.3) is 10.8 Å². The smallest absolute Gasteiger partial charge is 0.245 e. The predicted octanol–water partition coefficient (Wildman–Crippen LogP) is 4.73. The summed E-state index contributed by atoms with van der Waals surface area (Å²) in [6, 6.07) is 13.8. The zero-order chi connectivity index (χ0) is 24.6. The molecular formula is C25H27ClFN3O3S. The standard InChI is InChI=1S/C25H27ClFN3O3S/c1-4-29(3)16(2)17-7-10-24(22(27)15-17)30-12-11-23(25(30)31)28-34(32,33)21-9-6-18-13-20(26)8-5-19(18)14-21/h5-10,13-16,23,28H,4,11-12H2,1-3H3/t16?,23-/m0/s1. The Hall–Kier alpha value is -2.52. The van der Waals surface area contributed by atoms with Gasteiger partial charge in [-0.3, -0.25) is 9.69 Å². The number of anilines is 1. The van der Waals surface area contributed by atoms with E-state index in [1.807, 2.05) is 20.9 Å². The zero-order valence-corrected chi connectivity index (χ0v) is 20.8. The average Bonchev–Trinajstić information content (AvgIpc) is 3.16. The van der Waals surface area contributed by atoms with Crippen LogP contribution in [0.15, 0.2) is 59.5 Å². The van der Waals surface area contributed by atoms with Crippen molar-refractivity contribution in [3.63, 3.8) is 0 Å². The Balaban J connectivity index is 1.52. The molecule has 1 fully saturated rings. The van der Waals surface area contributed by atoms with E-state index >= 15 is 0 Å². The van der Waals surface area contributed by atoms with E-state index in [1.54, 1.807) is 36.4 Å². The fourth-order valence-corrected chi connectivity index (χ4v) is 5.62. The van der Waals surface area contributed by atoms with Gasteiger partial charge in [0.2, 0.25) is 15.9 Å². The van der Waals surface area contributed by atoms with E-state index < -0.39 is 27.8 Å². The minimum atomic E-state index is -3.95. The molecule has 1 saturated heterocycles. The summed E-state index contributed by atoms with van der Waals surface area (Å²) in [6.45, 7) is 5.06. The molecule has 3 aromatic carbocycles. The highest BCUT2D eigenvalue weighted by molar-refractivity contribution is 7.89.